The lowest BCUT2D eigenvalue weighted by atomic mass is 9.80. The molecule has 106 valence electrons. The molecule has 0 aliphatic carbocycles. The number of hydrogen-bond donors (Lipinski definition) is 1. The Morgan fingerprint density at radius 1 is 1.32 bits per heavy atom. The van der Waals surface area contributed by atoms with Gasteiger partial charge in [0, 0.05) is 9.89 Å². The predicted molar refractivity (Wildman–Crippen MR) is 82.7 cm³/mol. The van der Waals surface area contributed by atoms with E-state index in [2.05, 4.69) is 48.0 Å². The smallest absolute Gasteiger partial charge is 0.304 e. The Balaban J connectivity index is 3.08. The second kappa shape index (κ2) is 6.56. The third-order valence-corrected chi connectivity index (χ3v) is 4.49. The van der Waals surface area contributed by atoms with Crippen molar-refractivity contribution < 1.29 is 9.90 Å². The molecule has 0 atom stereocenters. The van der Waals surface area contributed by atoms with Crippen LogP contribution in [0.25, 0.3) is 0 Å². The summed E-state index contributed by atoms with van der Waals surface area (Å²) in [6.07, 6.45) is 2.38. The number of aliphatic carboxylic acids is 1. The molecule has 0 radical (unpaired) electrons. The summed E-state index contributed by atoms with van der Waals surface area (Å²) in [7, 11) is 0. The maximum absolute atomic E-state index is 10.9. The second-order valence-corrected chi connectivity index (χ2v) is 6.56. The van der Waals surface area contributed by atoms with Gasteiger partial charge in [0.25, 0.3) is 0 Å². The monoisotopic (exact) mass is 326 g/mol. The molecule has 19 heavy (non-hydrogen) atoms. The first kappa shape index (κ1) is 16.2. The van der Waals surface area contributed by atoms with Crippen LogP contribution in [-0.2, 0) is 10.2 Å². The third-order valence-electron chi connectivity index (χ3n) is 3.80. The third kappa shape index (κ3) is 4.07. The SMILES string of the molecule is CCC(CC)c1ccc(C(C)(C)CC(=O)O)cc1Br. The van der Waals surface area contributed by atoms with Crippen molar-refractivity contribution in [1.82, 2.24) is 0 Å². The van der Waals surface area contributed by atoms with Gasteiger partial charge in [-0.05, 0) is 36.0 Å². The van der Waals surface area contributed by atoms with Crippen LogP contribution in [0.3, 0.4) is 0 Å². The van der Waals surface area contributed by atoms with Gasteiger partial charge in [0.05, 0.1) is 6.42 Å². The summed E-state index contributed by atoms with van der Waals surface area (Å²) >= 11 is 3.64. The molecule has 0 bridgehead atoms. The van der Waals surface area contributed by atoms with Gasteiger partial charge in [-0.15, -0.1) is 0 Å². The Hall–Kier alpha value is -0.830. The molecule has 1 aromatic carbocycles. The topological polar surface area (TPSA) is 37.3 Å². The predicted octanol–water partition coefficient (Wildman–Crippen LogP) is 5.11. The van der Waals surface area contributed by atoms with Crippen molar-refractivity contribution in [2.45, 2.75) is 58.3 Å². The molecule has 0 unspecified atom stereocenters. The molecule has 0 aliphatic heterocycles. The molecule has 0 amide bonds. The van der Waals surface area contributed by atoms with Crippen LogP contribution in [0, 0.1) is 0 Å². The van der Waals surface area contributed by atoms with Crippen LogP contribution in [0.1, 0.15) is 64.0 Å². The first-order chi connectivity index (χ1) is 8.81. The second-order valence-electron chi connectivity index (χ2n) is 5.70. The van der Waals surface area contributed by atoms with E-state index in [1.54, 1.807) is 0 Å². The average Bonchev–Trinajstić information content (AvgIpc) is 2.30. The highest BCUT2D eigenvalue weighted by Gasteiger charge is 2.25. The van der Waals surface area contributed by atoms with Crippen molar-refractivity contribution in [3.05, 3.63) is 33.8 Å². The number of halogens is 1. The minimum Gasteiger partial charge on any atom is -0.481 e. The van der Waals surface area contributed by atoms with Crippen LogP contribution in [0.2, 0.25) is 0 Å². The van der Waals surface area contributed by atoms with E-state index in [4.69, 9.17) is 5.11 Å². The van der Waals surface area contributed by atoms with Crippen LogP contribution in [0.5, 0.6) is 0 Å². The molecular formula is C16H23BrO2. The van der Waals surface area contributed by atoms with Crippen molar-refractivity contribution >= 4 is 21.9 Å². The first-order valence-electron chi connectivity index (χ1n) is 6.83. The van der Waals surface area contributed by atoms with Crippen molar-refractivity contribution in [3.8, 4) is 0 Å². The zero-order chi connectivity index (χ0) is 14.6. The number of carboxylic acid groups (broad SMARTS) is 1. The van der Waals surface area contributed by atoms with E-state index in [-0.39, 0.29) is 11.8 Å². The van der Waals surface area contributed by atoms with Gasteiger partial charge in [-0.1, -0.05) is 55.8 Å². The fourth-order valence-corrected chi connectivity index (χ4v) is 3.19. The fraction of sp³-hybridized carbons (Fsp3) is 0.562. The molecule has 1 rings (SSSR count). The Morgan fingerprint density at radius 3 is 2.32 bits per heavy atom. The van der Waals surface area contributed by atoms with Gasteiger partial charge in [0.15, 0.2) is 0 Å². The molecule has 1 aromatic rings. The van der Waals surface area contributed by atoms with Crippen LogP contribution in [0.4, 0.5) is 0 Å². The average molecular weight is 327 g/mol. The largest absolute Gasteiger partial charge is 0.481 e. The molecule has 0 saturated heterocycles. The van der Waals surface area contributed by atoms with Crippen molar-refractivity contribution in [2.24, 2.45) is 0 Å². The van der Waals surface area contributed by atoms with Crippen molar-refractivity contribution in [2.75, 3.05) is 0 Å². The number of rotatable bonds is 6. The minimum absolute atomic E-state index is 0.143. The number of carboxylic acids is 1. The summed E-state index contributed by atoms with van der Waals surface area (Å²) in [5.41, 5.74) is 2.04. The standard InChI is InChI=1S/C16H23BrO2/c1-5-11(6-2)13-8-7-12(9-14(13)17)16(3,4)10-15(18)19/h7-9,11H,5-6,10H2,1-4H3,(H,18,19). The molecular weight excluding hydrogens is 304 g/mol. The van der Waals surface area contributed by atoms with E-state index in [0.29, 0.717) is 5.92 Å². The van der Waals surface area contributed by atoms with Crippen LogP contribution < -0.4 is 0 Å². The molecule has 0 spiro atoms. The Bertz CT molecular complexity index is 448. The highest BCUT2D eigenvalue weighted by molar-refractivity contribution is 9.10. The molecule has 0 aromatic heterocycles. The normalized spacial score (nSPS) is 11.9. The van der Waals surface area contributed by atoms with Crippen molar-refractivity contribution in [3.63, 3.8) is 0 Å². The number of benzene rings is 1. The molecule has 0 saturated carbocycles. The highest BCUT2D eigenvalue weighted by atomic mass is 79.9. The Morgan fingerprint density at radius 2 is 1.89 bits per heavy atom. The summed E-state index contributed by atoms with van der Waals surface area (Å²) in [5, 5.41) is 8.99. The van der Waals surface area contributed by atoms with Crippen molar-refractivity contribution in [1.29, 1.82) is 0 Å². The van der Waals surface area contributed by atoms with Gasteiger partial charge >= 0.3 is 5.97 Å². The molecule has 2 nitrogen and oxygen atoms in total. The molecule has 3 heteroatoms. The zero-order valence-corrected chi connectivity index (χ0v) is 13.8. The van der Waals surface area contributed by atoms with Crippen LogP contribution in [-0.4, -0.2) is 11.1 Å². The van der Waals surface area contributed by atoms with E-state index < -0.39 is 5.97 Å². The lowest BCUT2D eigenvalue weighted by Gasteiger charge is -2.25. The Labute approximate surface area is 124 Å². The molecule has 0 heterocycles. The van der Waals surface area contributed by atoms with E-state index in [1.165, 1.54) is 5.56 Å². The van der Waals surface area contributed by atoms with Gasteiger partial charge in [-0.25, -0.2) is 0 Å². The van der Waals surface area contributed by atoms with Gasteiger partial charge < -0.3 is 5.11 Å². The molecule has 1 N–H and O–H groups in total. The highest BCUT2D eigenvalue weighted by Crippen LogP contribution is 2.35. The molecule has 0 fully saturated rings. The number of carbonyl (C=O) groups is 1. The lowest BCUT2D eigenvalue weighted by Crippen LogP contribution is -2.21. The zero-order valence-electron chi connectivity index (χ0n) is 12.2. The lowest BCUT2D eigenvalue weighted by molar-refractivity contribution is -0.138. The minimum atomic E-state index is -0.759. The summed E-state index contributed by atoms with van der Waals surface area (Å²) in [6.45, 7) is 8.34. The van der Waals surface area contributed by atoms with E-state index >= 15 is 0 Å². The number of hydrogen-bond acceptors (Lipinski definition) is 1. The summed E-state index contributed by atoms with van der Waals surface area (Å²) in [4.78, 5) is 10.9. The fourth-order valence-electron chi connectivity index (χ4n) is 2.49. The Kier molecular flexibility index (Phi) is 5.60. The van der Waals surface area contributed by atoms with E-state index in [0.717, 1.165) is 22.9 Å². The summed E-state index contributed by atoms with van der Waals surface area (Å²) < 4.78 is 1.09. The van der Waals surface area contributed by atoms with Gasteiger partial charge in [0.1, 0.15) is 0 Å². The van der Waals surface area contributed by atoms with Gasteiger partial charge in [-0.2, -0.15) is 0 Å². The quantitative estimate of drug-likeness (QED) is 0.789. The van der Waals surface area contributed by atoms with Crippen LogP contribution in [0.15, 0.2) is 22.7 Å². The maximum atomic E-state index is 10.9. The van der Waals surface area contributed by atoms with Gasteiger partial charge in [0.2, 0.25) is 0 Å². The van der Waals surface area contributed by atoms with Gasteiger partial charge in [-0.3, -0.25) is 4.79 Å². The van der Waals surface area contributed by atoms with E-state index in [1.807, 2.05) is 13.8 Å². The maximum Gasteiger partial charge on any atom is 0.304 e. The van der Waals surface area contributed by atoms with Crippen LogP contribution >= 0.6 is 15.9 Å². The molecule has 0 aliphatic rings. The summed E-state index contributed by atoms with van der Waals surface area (Å²) in [5.74, 6) is -0.198. The summed E-state index contributed by atoms with van der Waals surface area (Å²) in [6, 6.07) is 6.29. The van der Waals surface area contributed by atoms with E-state index in [9.17, 15) is 4.79 Å². The first-order valence-corrected chi connectivity index (χ1v) is 7.62.